The molecule has 0 saturated heterocycles. The number of benzene rings is 2. The number of nitriles is 1. The van der Waals surface area contributed by atoms with Gasteiger partial charge in [-0.25, -0.2) is 9.78 Å². The summed E-state index contributed by atoms with van der Waals surface area (Å²) in [7, 11) is 0. The Morgan fingerprint density at radius 3 is 2.67 bits per heavy atom. The maximum atomic E-state index is 13.1. The molecule has 3 aromatic heterocycles. The second-order valence-electron chi connectivity index (χ2n) is 8.46. The molecule has 1 atom stereocenters. The molecule has 36 heavy (non-hydrogen) atoms. The molecule has 0 aliphatic carbocycles. The molecule has 0 saturated carbocycles. The zero-order valence-electron chi connectivity index (χ0n) is 20.4. The standard InChI is InChI=1S/C27H24N6O3/c1-5-35-26(34)20-11-21-22(12-19(20)24-15(2)32-36-17(24)4)29-13-23-25(21)33(27(31-23)30-14-28)16(3)18-9-7-6-8-10-18/h6-13,16H,5H2,1-4H3,(H,30,31)/t16-/m1/s1. The van der Waals surface area contributed by atoms with Gasteiger partial charge in [-0.3, -0.25) is 10.3 Å². The summed E-state index contributed by atoms with van der Waals surface area (Å²) in [6.07, 6.45) is 3.66. The van der Waals surface area contributed by atoms with Crippen LogP contribution in [0, 0.1) is 25.3 Å². The molecule has 0 bridgehead atoms. The van der Waals surface area contributed by atoms with Gasteiger partial charge in [0.2, 0.25) is 5.95 Å². The van der Waals surface area contributed by atoms with Crippen molar-refractivity contribution in [2.75, 3.05) is 11.9 Å². The van der Waals surface area contributed by atoms with Crippen molar-refractivity contribution in [2.24, 2.45) is 0 Å². The number of carbonyl (C=O) groups excluding carboxylic acids is 1. The number of carbonyl (C=O) groups is 1. The van der Waals surface area contributed by atoms with Crippen molar-refractivity contribution in [3.05, 3.63) is 71.2 Å². The molecule has 9 heteroatoms. The van der Waals surface area contributed by atoms with Gasteiger partial charge in [-0.1, -0.05) is 35.5 Å². The Morgan fingerprint density at radius 2 is 2.00 bits per heavy atom. The van der Waals surface area contributed by atoms with E-state index >= 15 is 0 Å². The summed E-state index contributed by atoms with van der Waals surface area (Å²) in [5.41, 5.74) is 5.48. The third-order valence-electron chi connectivity index (χ3n) is 6.29. The van der Waals surface area contributed by atoms with Crippen LogP contribution < -0.4 is 5.32 Å². The fourth-order valence-electron chi connectivity index (χ4n) is 4.67. The van der Waals surface area contributed by atoms with Crippen LogP contribution in [0.25, 0.3) is 33.1 Å². The zero-order valence-corrected chi connectivity index (χ0v) is 20.4. The Balaban J connectivity index is 1.86. The van der Waals surface area contributed by atoms with E-state index in [9.17, 15) is 10.1 Å². The molecule has 9 nitrogen and oxygen atoms in total. The van der Waals surface area contributed by atoms with E-state index in [4.69, 9.17) is 9.26 Å². The lowest BCUT2D eigenvalue weighted by atomic mass is 9.95. The second-order valence-corrected chi connectivity index (χ2v) is 8.46. The largest absolute Gasteiger partial charge is 0.462 e. The normalized spacial score (nSPS) is 12.0. The second kappa shape index (κ2) is 9.15. The van der Waals surface area contributed by atoms with Gasteiger partial charge in [-0.05, 0) is 45.4 Å². The number of anilines is 1. The Kier molecular flexibility index (Phi) is 5.86. The Hall–Kier alpha value is -4.71. The molecule has 2 aromatic carbocycles. The van der Waals surface area contributed by atoms with E-state index in [2.05, 4.69) is 20.4 Å². The van der Waals surface area contributed by atoms with Crippen molar-refractivity contribution in [3.8, 4) is 17.3 Å². The summed E-state index contributed by atoms with van der Waals surface area (Å²) >= 11 is 0. The first-order valence-electron chi connectivity index (χ1n) is 11.6. The average molecular weight is 481 g/mol. The Morgan fingerprint density at radius 1 is 1.22 bits per heavy atom. The first kappa shape index (κ1) is 23.1. The zero-order chi connectivity index (χ0) is 25.4. The third kappa shape index (κ3) is 3.73. The summed E-state index contributed by atoms with van der Waals surface area (Å²) in [4.78, 5) is 22.4. The molecular formula is C27H24N6O3. The number of nitrogens with zero attached hydrogens (tertiary/aromatic N) is 5. The minimum atomic E-state index is -0.455. The van der Waals surface area contributed by atoms with Crippen LogP contribution in [0.4, 0.5) is 5.95 Å². The van der Waals surface area contributed by atoms with Crippen LogP contribution >= 0.6 is 0 Å². The monoisotopic (exact) mass is 480 g/mol. The van der Waals surface area contributed by atoms with Gasteiger partial charge in [0, 0.05) is 16.5 Å². The Bertz CT molecular complexity index is 1630. The summed E-state index contributed by atoms with van der Waals surface area (Å²) in [6, 6.07) is 13.4. The molecule has 0 radical (unpaired) electrons. The van der Waals surface area contributed by atoms with Crippen LogP contribution in [0.15, 0.2) is 53.2 Å². The van der Waals surface area contributed by atoms with Gasteiger partial charge >= 0.3 is 5.97 Å². The summed E-state index contributed by atoms with van der Waals surface area (Å²) in [5.74, 6) is 0.538. The third-order valence-corrected chi connectivity index (χ3v) is 6.29. The van der Waals surface area contributed by atoms with E-state index in [-0.39, 0.29) is 12.6 Å². The maximum absolute atomic E-state index is 13.1. The van der Waals surface area contributed by atoms with Crippen LogP contribution in [-0.2, 0) is 4.74 Å². The van der Waals surface area contributed by atoms with E-state index in [0.717, 1.165) is 16.6 Å². The highest BCUT2D eigenvalue weighted by molar-refractivity contribution is 6.10. The maximum Gasteiger partial charge on any atom is 0.338 e. The summed E-state index contributed by atoms with van der Waals surface area (Å²) < 4.78 is 12.8. The molecule has 180 valence electrons. The highest BCUT2D eigenvalue weighted by Gasteiger charge is 2.25. The van der Waals surface area contributed by atoms with Gasteiger partial charge < -0.3 is 13.8 Å². The molecule has 0 amide bonds. The van der Waals surface area contributed by atoms with Gasteiger partial charge in [-0.15, -0.1) is 0 Å². The molecule has 1 N–H and O–H groups in total. The predicted molar refractivity (Wildman–Crippen MR) is 135 cm³/mol. The number of aryl methyl sites for hydroxylation is 2. The summed E-state index contributed by atoms with van der Waals surface area (Å²) in [6.45, 7) is 7.68. The smallest absolute Gasteiger partial charge is 0.338 e. The molecule has 5 aromatic rings. The minimum absolute atomic E-state index is 0.161. The Labute approximate surface area is 207 Å². The van der Waals surface area contributed by atoms with Crippen LogP contribution in [0.5, 0.6) is 0 Å². The van der Waals surface area contributed by atoms with Crippen molar-refractivity contribution < 1.29 is 14.1 Å². The van der Waals surface area contributed by atoms with E-state index in [1.54, 1.807) is 19.2 Å². The lowest BCUT2D eigenvalue weighted by Crippen LogP contribution is -2.11. The number of aromatic nitrogens is 4. The quantitative estimate of drug-likeness (QED) is 0.191. The molecule has 0 aliphatic heterocycles. The van der Waals surface area contributed by atoms with Gasteiger partial charge in [0.15, 0.2) is 6.19 Å². The van der Waals surface area contributed by atoms with Crippen molar-refractivity contribution in [3.63, 3.8) is 0 Å². The molecule has 0 unspecified atom stereocenters. The van der Waals surface area contributed by atoms with Gasteiger partial charge in [0.05, 0.1) is 41.1 Å². The minimum Gasteiger partial charge on any atom is -0.462 e. The number of ether oxygens (including phenoxy) is 1. The topological polar surface area (TPSA) is 119 Å². The number of pyridine rings is 1. The first-order valence-corrected chi connectivity index (χ1v) is 11.6. The fraction of sp³-hybridized carbons (Fsp3) is 0.222. The van der Waals surface area contributed by atoms with Crippen molar-refractivity contribution >= 4 is 33.9 Å². The van der Waals surface area contributed by atoms with Crippen molar-refractivity contribution in [1.29, 1.82) is 5.26 Å². The number of imidazole rings is 1. The van der Waals surface area contributed by atoms with Crippen LogP contribution in [0.3, 0.4) is 0 Å². The number of hydrogen-bond donors (Lipinski definition) is 1. The SMILES string of the molecule is CCOC(=O)c1cc2c(cc1-c1c(C)noc1C)ncc1nc(NC#N)n([C@H](C)c3ccccc3)c12. The van der Waals surface area contributed by atoms with E-state index in [1.807, 2.05) is 67.9 Å². The molecule has 0 aliphatic rings. The molecule has 3 heterocycles. The van der Waals surface area contributed by atoms with Crippen LogP contribution in [0.1, 0.15) is 47.3 Å². The molecule has 0 spiro atoms. The van der Waals surface area contributed by atoms with Gasteiger partial charge in [0.25, 0.3) is 0 Å². The molecular weight excluding hydrogens is 456 g/mol. The van der Waals surface area contributed by atoms with Crippen LogP contribution in [0.2, 0.25) is 0 Å². The first-order chi connectivity index (χ1) is 17.4. The number of nitrogens with one attached hydrogen (secondary N) is 1. The van der Waals surface area contributed by atoms with E-state index < -0.39 is 5.97 Å². The van der Waals surface area contributed by atoms with Crippen molar-refractivity contribution in [2.45, 2.75) is 33.7 Å². The molecule has 5 rings (SSSR count). The average Bonchev–Trinajstić information content (AvgIpc) is 3.42. The van der Waals surface area contributed by atoms with Gasteiger partial charge in [0.1, 0.15) is 11.3 Å². The fourth-order valence-corrected chi connectivity index (χ4v) is 4.67. The lowest BCUT2D eigenvalue weighted by Gasteiger charge is -2.18. The highest BCUT2D eigenvalue weighted by atomic mass is 16.5. The predicted octanol–water partition coefficient (Wildman–Crippen LogP) is 5.54. The van der Waals surface area contributed by atoms with Gasteiger partial charge in [-0.2, -0.15) is 5.26 Å². The summed E-state index contributed by atoms with van der Waals surface area (Å²) in [5, 5.41) is 16.9. The number of esters is 1. The van der Waals surface area contributed by atoms with E-state index in [1.165, 1.54) is 0 Å². The van der Waals surface area contributed by atoms with E-state index in [0.29, 0.717) is 44.9 Å². The van der Waals surface area contributed by atoms with Crippen LogP contribution in [-0.4, -0.2) is 32.3 Å². The number of fused-ring (bicyclic) bond motifs is 3. The highest BCUT2D eigenvalue weighted by Crippen LogP contribution is 2.37. The lowest BCUT2D eigenvalue weighted by molar-refractivity contribution is 0.0527. The van der Waals surface area contributed by atoms with Crippen molar-refractivity contribution in [1.82, 2.24) is 19.7 Å². The number of rotatable bonds is 6. The number of hydrogen-bond acceptors (Lipinski definition) is 8. The molecule has 0 fully saturated rings.